The highest BCUT2D eigenvalue weighted by Gasteiger charge is 1.94. The number of benzene rings is 1. The van der Waals surface area contributed by atoms with E-state index >= 15 is 0 Å². The van der Waals surface area contributed by atoms with Gasteiger partial charge >= 0.3 is 0 Å². The fourth-order valence-electron chi connectivity index (χ4n) is 0.488. The second kappa shape index (κ2) is 3.61. The van der Waals surface area contributed by atoms with Crippen molar-refractivity contribution in [3.63, 3.8) is 0 Å². The third-order valence-corrected chi connectivity index (χ3v) is 0.882. The minimum Gasteiger partial charge on any atom is -0.484 e. The summed E-state index contributed by atoms with van der Waals surface area (Å²) in [4.78, 5) is 10.4. The number of hydrogen-bond acceptors (Lipinski definition) is 2. The van der Waals surface area contributed by atoms with E-state index < -0.39 is 12.5 Å². The first-order valence-corrected chi connectivity index (χ1v) is 2.92. The summed E-state index contributed by atoms with van der Waals surface area (Å²) in [5.74, 6) is -0.926. The van der Waals surface area contributed by atoms with Crippen molar-refractivity contribution in [1.82, 2.24) is 0 Å². The van der Waals surface area contributed by atoms with Crippen LogP contribution in [0.15, 0.2) is 30.2 Å². The van der Waals surface area contributed by atoms with Gasteiger partial charge in [-0.05, 0) is 12.1 Å². The number of carbonyl (C=O) groups is 1. The Morgan fingerprint density at radius 3 is 3.18 bits per heavy atom. The van der Waals surface area contributed by atoms with Crippen molar-refractivity contribution in [2.75, 3.05) is 6.61 Å². The number of nitrogens with two attached hydrogens (primary N) is 1. The van der Waals surface area contributed by atoms with E-state index in [1.165, 1.54) is 0 Å². The van der Waals surface area contributed by atoms with Gasteiger partial charge in [0.25, 0.3) is 5.91 Å². The number of primary amides is 1. The molecule has 0 saturated carbocycles. The van der Waals surface area contributed by atoms with Crippen molar-refractivity contribution in [3.05, 3.63) is 30.2 Å². The molecule has 58 valence electrons. The van der Waals surface area contributed by atoms with E-state index in [2.05, 4.69) is 0 Å². The molecule has 0 aromatic heterocycles. The Morgan fingerprint density at radius 2 is 2.45 bits per heavy atom. The molecule has 3 nitrogen and oxygen atoms in total. The van der Waals surface area contributed by atoms with Crippen LogP contribution in [0.2, 0.25) is 0 Å². The van der Waals surface area contributed by atoms with Crippen molar-refractivity contribution >= 4 is 5.91 Å². The molecule has 0 heterocycles. The molecule has 0 bridgehead atoms. The topological polar surface area (TPSA) is 52.3 Å². The molecule has 0 radical (unpaired) electrons. The maximum atomic E-state index is 10.4. The monoisotopic (exact) mass is 155 g/mol. The van der Waals surface area contributed by atoms with E-state index in [1.807, 2.05) is 0 Å². The number of carbonyl (C=O) groups excluding carboxylic acids is 1. The van der Waals surface area contributed by atoms with Gasteiger partial charge in [0.1, 0.15) is 5.75 Å². The number of amides is 1. The number of hydrogen-bond donors (Lipinski definition) is 1. The van der Waals surface area contributed by atoms with Crippen molar-refractivity contribution in [1.29, 1.82) is 0 Å². The number of ether oxygens (including phenoxy) is 1. The van der Waals surface area contributed by atoms with Crippen LogP contribution in [0.5, 0.6) is 5.75 Å². The average Bonchev–Trinajstić information content (AvgIpc) is 2.14. The maximum Gasteiger partial charge on any atom is 0.255 e. The summed E-state index contributed by atoms with van der Waals surface area (Å²) in [7, 11) is 0. The summed E-state index contributed by atoms with van der Waals surface area (Å²) in [5.41, 5.74) is 4.84. The summed E-state index contributed by atoms with van der Waals surface area (Å²) in [6.45, 7) is -0.450. The molecule has 0 saturated heterocycles. The van der Waals surface area contributed by atoms with Crippen LogP contribution in [0, 0.1) is 0 Å². The van der Waals surface area contributed by atoms with E-state index in [1.54, 1.807) is 0 Å². The summed E-state index contributed by atoms with van der Waals surface area (Å²) < 4.78 is 34.2. The highest BCUT2D eigenvalue weighted by atomic mass is 16.5. The van der Waals surface area contributed by atoms with Crippen LogP contribution in [-0.4, -0.2) is 12.5 Å². The lowest BCUT2D eigenvalue weighted by Gasteiger charge is -2.00. The molecule has 0 fully saturated rings. The van der Waals surface area contributed by atoms with Gasteiger partial charge in [-0.2, -0.15) is 0 Å². The molecular weight excluding hydrogens is 142 g/mol. The van der Waals surface area contributed by atoms with Gasteiger partial charge in [-0.25, -0.2) is 0 Å². The summed E-state index contributed by atoms with van der Waals surface area (Å²) in [6, 6.07) is -0.0747. The zero-order valence-corrected chi connectivity index (χ0v) is 5.68. The first-order valence-electron chi connectivity index (χ1n) is 4.92. The molecule has 0 spiro atoms. The van der Waals surface area contributed by atoms with Crippen molar-refractivity contribution in [2.24, 2.45) is 5.73 Å². The van der Waals surface area contributed by atoms with E-state index in [0.29, 0.717) is 0 Å². The smallest absolute Gasteiger partial charge is 0.255 e. The van der Waals surface area contributed by atoms with Crippen molar-refractivity contribution in [3.8, 4) is 5.75 Å². The van der Waals surface area contributed by atoms with Gasteiger partial charge < -0.3 is 10.5 Å². The van der Waals surface area contributed by atoms with Gasteiger partial charge in [-0.1, -0.05) is 18.2 Å². The Labute approximate surface area is 70.4 Å². The van der Waals surface area contributed by atoms with Crippen LogP contribution in [0.25, 0.3) is 0 Å². The van der Waals surface area contributed by atoms with E-state index in [-0.39, 0.29) is 29.9 Å². The van der Waals surface area contributed by atoms with Gasteiger partial charge in [-0.15, -0.1) is 0 Å². The lowest BCUT2D eigenvalue weighted by Crippen LogP contribution is -2.19. The van der Waals surface area contributed by atoms with Crippen molar-refractivity contribution in [2.45, 2.75) is 0 Å². The SMILES string of the molecule is [2H]c1cc([2H])c(OCC(N)=O)c([2H])c1[2H]. The molecule has 11 heavy (non-hydrogen) atoms. The first kappa shape index (κ1) is 3.76. The molecule has 1 rings (SSSR count). The molecule has 3 heteroatoms. The fraction of sp³-hybridized carbons (Fsp3) is 0.125. The van der Waals surface area contributed by atoms with Gasteiger partial charge in [0.05, 0.1) is 5.48 Å². The van der Waals surface area contributed by atoms with Gasteiger partial charge in [0.2, 0.25) is 0 Å². The molecular formula is C8H9NO2. The zero-order chi connectivity index (χ0) is 11.6. The standard InChI is InChI=1S/C8H9NO2/c9-8(10)6-11-7-4-2-1-3-5-7/h1-5H,6H2,(H2,9,10)/i1D,2D,4D,5D. The number of para-hydroxylation sites is 1. The van der Waals surface area contributed by atoms with E-state index in [0.717, 1.165) is 6.07 Å². The highest BCUT2D eigenvalue weighted by Crippen LogP contribution is 2.07. The molecule has 0 unspecified atom stereocenters. The normalized spacial score (nSPS) is 14.2. The van der Waals surface area contributed by atoms with Crippen LogP contribution >= 0.6 is 0 Å². The lowest BCUT2D eigenvalue weighted by atomic mass is 10.3. The largest absolute Gasteiger partial charge is 0.484 e. The Hall–Kier alpha value is -1.51. The van der Waals surface area contributed by atoms with Gasteiger partial charge in [0.15, 0.2) is 6.61 Å². The minimum absolute atomic E-state index is 0.199. The van der Waals surface area contributed by atoms with Gasteiger partial charge in [0, 0.05) is 0 Å². The Balaban J connectivity index is 3.07. The fourth-order valence-corrected chi connectivity index (χ4v) is 0.488. The molecule has 0 atom stereocenters. The number of rotatable bonds is 3. The Bertz CT molecular complexity index is 408. The maximum absolute atomic E-state index is 10.4. The average molecular weight is 155 g/mol. The summed E-state index contributed by atoms with van der Waals surface area (Å²) >= 11 is 0. The van der Waals surface area contributed by atoms with Crippen LogP contribution in [0.3, 0.4) is 0 Å². The van der Waals surface area contributed by atoms with Crippen LogP contribution in [-0.2, 0) is 4.79 Å². The summed E-state index contributed by atoms with van der Waals surface area (Å²) in [5, 5.41) is 0. The second-order valence-corrected chi connectivity index (χ2v) is 1.77. The predicted octanol–water partition coefficient (Wildman–Crippen LogP) is 0.551. The third-order valence-electron chi connectivity index (χ3n) is 0.882. The third kappa shape index (κ3) is 2.71. The molecule has 0 aliphatic carbocycles. The van der Waals surface area contributed by atoms with E-state index in [9.17, 15) is 4.79 Å². The molecule has 1 amide bonds. The van der Waals surface area contributed by atoms with Crippen LogP contribution in [0.1, 0.15) is 5.48 Å². The molecule has 1 aromatic rings. The van der Waals surface area contributed by atoms with Crippen LogP contribution in [0.4, 0.5) is 0 Å². The molecule has 2 N–H and O–H groups in total. The van der Waals surface area contributed by atoms with E-state index in [4.69, 9.17) is 16.0 Å². The minimum atomic E-state index is -0.727. The first-order chi connectivity index (χ1) is 6.93. The molecule has 0 aliphatic rings. The van der Waals surface area contributed by atoms with Crippen LogP contribution < -0.4 is 10.5 Å². The summed E-state index contributed by atoms with van der Waals surface area (Å²) in [6.07, 6.45) is 0. The molecule has 1 aromatic carbocycles. The van der Waals surface area contributed by atoms with Crippen molar-refractivity contribution < 1.29 is 15.0 Å². The Kier molecular flexibility index (Phi) is 1.23. The predicted molar refractivity (Wildman–Crippen MR) is 41.1 cm³/mol. The Morgan fingerprint density at radius 1 is 1.64 bits per heavy atom. The quantitative estimate of drug-likeness (QED) is 0.693. The van der Waals surface area contributed by atoms with Gasteiger partial charge in [-0.3, -0.25) is 4.79 Å². The second-order valence-electron chi connectivity index (χ2n) is 1.77. The lowest BCUT2D eigenvalue weighted by molar-refractivity contribution is -0.119. The zero-order valence-electron chi connectivity index (χ0n) is 9.68. The highest BCUT2D eigenvalue weighted by molar-refractivity contribution is 5.75. The molecule has 0 aliphatic heterocycles.